The van der Waals surface area contributed by atoms with Crippen molar-refractivity contribution in [1.29, 1.82) is 0 Å². The first-order valence-electron chi connectivity index (χ1n) is 6.41. The molecular formula is C14H10ClF3N4OS. The van der Waals surface area contributed by atoms with E-state index in [4.69, 9.17) is 23.8 Å². The molecule has 0 aliphatic carbocycles. The zero-order valence-electron chi connectivity index (χ0n) is 11.8. The Labute approximate surface area is 145 Å². The summed E-state index contributed by atoms with van der Waals surface area (Å²) in [6.45, 7) is 0. The third kappa shape index (κ3) is 4.80. The Balaban J connectivity index is 1.98. The van der Waals surface area contributed by atoms with E-state index in [1.54, 1.807) is 24.3 Å². The smallest absolute Gasteiger partial charge is 0.331 e. The summed E-state index contributed by atoms with van der Waals surface area (Å²) in [7, 11) is 0. The number of hydrogen-bond donors (Lipinski definition) is 3. The number of thiocarbonyl (C=S) groups is 1. The second-order valence-electron chi connectivity index (χ2n) is 4.46. The maximum atomic E-state index is 12.9. The van der Waals surface area contributed by atoms with Crippen molar-refractivity contribution < 1.29 is 18.0 Å². The van der Waals surface area contributed by atoms with Gasteiger partial charge in [-0.15, -0.1) is 0 Å². The second kappa shape index (κ2) is 7.45. The highest BCUT2D eigenvalue weighted by molar-refractivity contribution is 7.80. The highest BCUT2D eigenvalue weighted by Gasteiger charge is 2.35. The van der Waals surface area contributed by atoms with Crippen molar-refractivity contribution in [2.75, 3.05) is 5.32 Å². The molecule has 24 heavy (non-hydrogen) atoms. The van der Waals surface area contributed by atoms with Crippen LogP contribution in [0.15, 0.2) is 42.7 Å². The first kappa shape index (κ1) is 18.0. The lowest BCUT2D eigenvalue weighted by molar-refractivity contribution is -0.138. The fourth-order valence-corrected chi connectivity index (χ4v) is 1.99. The van der Waals surface area contributed by atoms with Crippen molar-refractivity contribution in [3.05, 3.63) is 58.9 Å². The summed E-state index contributed by atoms with van der Waals surface area (Å²) in [5.41, 5.74) is 3.28. The Kier molecular flexibility index (Phi) is 5.58. The number of benzene rings is 1. The SMILES string of the molecule is O=C(NNC(=S)Nc1ccc(Cl)cc1)c1cnccc1C(F)(F)F. The van der Waals surface area contributed by atoms with E-state index in [-0.39, 0.29) is 5.11 Å². The number of alkyl halides is 3. The van der Waals surface area contributed by atoms with E-state index in [1.165, 1.54) is 0 Å². The molecule has 0 bridgehead atoms. The Morgan fingerprint density at radius 2 is 1.79 bits per heavy atom. The second-order valence-corrected chi connectivity index (χ2v) is 5.30. The van der Waals surface area contributed by atoms with Crippen LogP contribution in [0, 0.1) is 0 Å². The van der Waals surface area contributed by atoms with E-state index in [1.807, 2.05) is 0 Å². The van der Waals surface area contributed by atoms with Gasteiger partial charge in [-0.05, 0) is 42.5 Å². The van der Waals surface area contributed by atoms with Gasteiger partial charge in [-0.1, -0.05) is 11.6 Å². The van der Waals surface area contributed by atoms with Gasteiger partial charge >= 0.3 is 6.18 Å². The predicted octanol–water partition coefficient (Wildman–Crippen LogP) is 3.39. The van der Waals surface area contributed by atoms with Gasteiger partial charge in [0.1, 0.15) is 0 Å². The molecule has 1 amide bonds. The minimum atomic E-state index is -4.67. The summed E-state index contributed by atoms with van der Waals surface area (Å²) in [4.78, 5) is 15.4. The Morgan fingerprint density at radius 1 is 1.12 bits per heavy atom. The van der Waals surface area contributed by atoms with Crippen LogP contribution in [0.25, 0.3) is 0 Å². The standard InChI is InChI=1S/C14H10ClF3N4OS/c15-8-1-3-9(4-2-8)20-13(24)22-21-12(23)10-7-19-6-5-11(10)14(16,17)18/h1-7H,(H,21,23)(H2,20,22,24). The fourth-order valence-electron chi connectivity index (χ4n) is 1.70. The number of amides is 1. The molecule has 10 heteroatoms. The Bertz CT molecular complexity index is 752. The maximum Gasteiger partial charge on any atom is 0.417 e. The van der Waals surface area contributed by atoms with Gasteiger partial charge in [0, 0.05) is 23.1 Å². The first-order valence-corrected chi connectivity index (χ1v) is 7.20. The molecule has 2 aromatic rings. The lowest BCUT2D eigenvalue weighted by Gasteiger charge is -2.14. The van der Waals surface area contributed by atoms with Crippen LogP contribution >= 0.6 is 23.8 Å². The normalized spacial score (nSPS) is 10.8. The number of rotatable bonds is 2. The van der Waals surface area contributed by atoms with Gasteiger partial charge < -0.3 is 5.32 Å². The van der Waals surface area contributed by atoms with E-state index in [0.29, 0.717) is 10.7 Å². The molecule has 0 aliphatic rings. The number of nitrogens with zero attached hydrogens (tertiary/aromatic N) is 1. The lowest BCUT2D eigenvalue weighted by atomic mass is 10.1. The van der Waals surface area contributed by atoms with Crippen molar-refractivity contribution in [1.82, 2.24) is 15.8 Å². The highest BCUT2D eigenvalue weighted by Crippen LogP contribution is 2.31. The number of hydrazine groups is 1. The third-order valence-corrected chi connectivity index (χ3v) is 3.22. The van der Waals surface area contributed by atoms with Gasteiger partial charge in [-0.25, -0.2) is 0 Å². The molecule has 0 aliphatic heterocycles. The molecule has 1 aromatic carbocycles. The van der Waals surface area contributed by atoms with E-state index in [9.17, 15) is 18.0 Å². The summed E-state index contributed by atoms with van der Waals surface area (Å²) in [6, 6.07) is 7.24. The minimum absolute atomic E-state index is 0.0110. The molecule has 0 atom stereocenters. The molecule has 0 unspecified atom stereocenters. The molecule has 2 rings (SSSR count). The predicted molar refractivity (Wildman–Crippen MR) is 87.5 cm³/mol. The van der Waals surface area contributed by atoms with Crippen LogP contribution in [0.3, 0.4) is 0 Å². The van der Waals surface area contributed by atoms with Crippen molar-refractivity contribution in [3.63, 3.8) is 0 Å². The number of nitrogens with one attached hydrogen (secondary N) is 3. The van der Waals surface area contributed by atoms with Crippen LogP contribution in [0.1, 0.15) is 15.9 Å². The molecule has 0 spiro atoms. The first-order chi connectivity index (χ1) is 11.3. The van der Waals surface area contributed by atoms with Crippen molar-refractivity contribution in [2.45, 2.75) is 6.18 Å². The number of carbonyl (C=O) groups is 1. The quantitative estimate of drug-likeness (QED) is 0.555. The van der Waals surface area contributed by atoms with Crippen molar-refractivity contribution in [3.8, 4) is 0 Å². The highest BCUT2D eigenvalue weighted by atomic mass is 35.5. The van der Waals surface area contributed by atoms with Crippen LogP contribution < -0.4 is 16.2 Å². The summed E-state index contributed by atoms with van der Waals surface area (Å²) in [5, 5.41) is 3.25. The molecule has 1 heterocycles. The topological polar surface area (TPSA) is 66.1 Å². The number of aromatic nitrogens is 1. The number of pyridine rings is 1. The minimum Gasteiger partial charge on any atom is -0.331 e. The number of anilines is 1. The Hall–Kier alpha value is -2.39. The van der Waals surface area contributed by atoms with Crippen molar-refractivity contribution in [2.24, 2.45) is 0 Å². The zero-order chi connectivity index (χ0) is 17.7. The van der Waals surface area contributed by atoms with Crippen LogP contribution in [-0.2, 0) is 6.18 Å². The average molecular weight is 375 g/mol. The third-order valence-electron chi connectivity index (χ3n) is 2.76. The van der Waals surface area contributed by atoms with E-state index < -0.39 is 23.2 Å². The number of hydrogen-bond acceptors (Lipinski definition) is 3. The van der Waals surface area contributed by atoms with Gasteiger partial charge in [0.2, 0.25) is 0 Å². The van der Waals surface area contributed by atoms with Crippen LogP contribution in [0.5, 0.6) is 0 Å². The summed E-state index contributed by atoms with van der Waals surface area (Å²) >= 11 is 10.7. The van der Waals surface area contributed by atoms with Gasteiger partial charge in [0.05, 0.1) is 11.1 Å². The molecule has 0 saturated carbocycles. The summed E-state index contributed by atoms with van der Waals surface area (Å²) in [5.74, 6) is -1.02. The molecule has 1 aromatic heterocycles. The van der Waals surface area contributed by atoms with Gasteiger partial charge in [0.25, 0.3) is 5.91 Å². The monoisotopic (exact) mass is 374 g/mol. The van der Waals surface area contributed by atoms with Gasteiger partial charge in [0.15, 0.2) is 5.11 Å². The molecule has 126 valence electrons. The van der Waals surface area contributed by atoms with Gasteiger partial charge in [-0.2, -0.15) is 13.2 Å². The average Bonchev–Trinajstić information content (AvgIpc) is 2.54. The van der Waals surface area contributed by atoms with Crippen LogP contribution in [-0.4, -0.2) is 16.0 Å². The largest absolute Gasteiger partial charge is 0.417 e. The zero-order valence-corrected chi connectivity index (χ0v) is 13.4. The van der Waals surface area contributed by atoms with E-state index in [0.717, 1.165) is 18.5 Å². The van der Waals surface area contributed by atoms with Crippen LogP contribution in [0.4, 0.5) is 18.9 Å². The summed E-state index contributed by atoms with van der Waals surface area (Å²) < 4.78 is 38.6. The molecular weight excluding hydrogens is 365 g/mol. The molecule has 0 radical (unpaired) electrons. The molecule has 0 saturated heterocycles. The molecule has 0 fully saturated rings. The van der Waals surface area contributed by atoms with Gasteiger partial charge in [-0.3, -0.25) is 20.6 Å². The lowest BCUT2D eigenvalue weighted by Crippen LogP contribution is -2.44. The van der Waals surface area contributed by atoms with E-state index >= 15 is 0 Å². The fraction of sp³-hybridized carbons (Fsp3) is 0.0714. The van der Waals surface area contributed by atoms with Crippen LogP contribution in [0.2, 0.25) is 5.02 Å². The molecule has 3 N–H and O–H groups in total. The summed E-state index contributed by atoms with van der Waals surface area (Å²) in [6.07, 6.45) is -2.88. The molecule has 5 nitrogen and oxygen atoms in total. The Morgan fingerprint density at radius 3 is 2.42 bits per heavy atom. The van der Waals surface area contributed by atoms with E-state index in [2.05, 4.69) is 21.2 Å². The number of carbonyl (C=O) groups excluding carboxylic acids is 1. The number of halogens is 4. The maximum absolute atomic E-state index is 12.9. The van der Waals surface area contributed by atoms with Crippen molar-refractivity contribution >= 4 is 40.5 Å².